The number of hydrogen-bond donors (Lipinski definition) is 2. The van der Waals surface area contributed by atoms with Gasteiger partial charge in [-0.2, -0.15) is 0 Å². The van der Waals surface area contributed by atoms with Crippen molar-refractivity contribution in [3.05, 3.63) is 22.4 Å². The monoisotopic (exact) mass is 160 g/mol. The van der Waals surface area contributed by atoms with E-state index in [9.17, 15) is 10.1 Å². The van der Waals surface area contributed by atoms with Gasteiger partial charge >= 0.3 is 0 Å². The van der Waals surface area contributed by atoms with Crippen LogP contribution >= 0.6 is 0 Å². The molecule has 0 fully saturated rings. The van der Waals surface area contributed by atoms with Crippen LogP contribution in [0.4, 0.5) is 0 Å². The second kappa shape index (κ2) is 5.48. The summed E-state index contributed by atoms with van der Waals surface area (Å²) in [5.74, 6) is 0. The summed E-state index contributed by atoms with van der Waals surface area (Å²) in [6.45, 7) is 0.742. The molecule has 2 N–H and O–H groups in total. The Labute approximate surface area is 65.0 Å². The molecule has 0 heterocycles. The van der Waals surface area contributed by atoms with Crippen molar-refractivity contribution < 1.29 is 5.03 Å². The fourth-order valence-electron chi connectivity index (χ4n) is 0.412. The fourth-order valence-corrected chi connectivity index (χ4v) is 0.412. The summed E-state index contributed by atoms with van der Waals surface area (Å²) in [6.07, 6.45) is 3.24. The summed E-state index contributed by atoms with van der Waals surface area (Å²) in [7, 11) is 3.82. The molecule has 6 heteroatoms. The topological polar surface area (TPSA) is 70.4 Å². The predicted molar refractivity (Wildman–Crippen MR) is 41.0 cm³/mol. The van der Waals surface area contributed by atoms with E-state index in [-0.39, 0.29) is 0 Å². The van der Waals surface area contributed by atoms with Gasteiger partial charge in [-0.15, -0.1) is 0 Å². The molecule has 0 aliphatic rings. The summed E-state index contributed by atoms with van der Waals surface area (Å²) < 4.78 is 0. The quantitative estimate of drug-likeness (QED) is 0.413. The molecule has 0 aromatic rings. The molecule has 0 aliphatic heterocycles. The van der Waals surface area contributed by atoms with Gasteiger partial charge in [-0.1, -0.05) is 6.08 Å². The van der Waals surface area contributed by atoms with Crippen molar-refractivity contribution in [2.75, 3.05) is 20.6 Å². The molecule has 0 bridgehead atoms. The Kier molecular flexibility index (Phi) is 4.83. The second-order valence-corrected chi connectivity index (χ2v) is 2.18. The van der Waals surface area contributed by atoms with Gasteiger partial charge in [0.1, 0.15) is 0 Å². The molecule has 0 aromatic carbocycles. The Morgan fingerprint density at radius 3 is 2.73 bits per heavy atom. The zero-order valence-electron chi connectivity index (χ0n) is 6.57. The smallest absolute Gasteiger partial charge is 0.178 e. The van der Waals surface area contributed by atoms with E-state index in [1.54, 1.807) is 11.6 Å². The van der Waals surface area contributed by atoms with E-state index < -0.39 is 5.03 Å². The molecular weight excluding hydrogens is 148 g/mol. The third kappa shape index (κ3) is 8.70. The van der Waals surface area contributed by atoms with Crippen LogP contribution in [-0.2, 0) is 0 Å². The molecule has 0 radical (unpaired) electrons. The van der Waals surface area contributed by atoms with E-state index >= 15 is 0 Å². The molecule has 0 atom stereocenters. The van der Waals surface area contributed by atoms with E-state index in [4.69, 9.17) is 0 Å². The van der Waals surface area contributed by atoms with Gasteiger partial charge in [0.25, 0.3) is 0 Å². The first-order valence-electron chi connectivity index (χ1n) is 3.08. The lowest BCUT2D eigenvalue weighted by Gasteiger charge is -2.03. The van der Waals surface area contributed by atoms with Crippen LogP contribution in [0.2, 0.25) is 0 Å². The van der Waals surface area contributed by atoms with Gasteiger partial charge < -0.3 is 4.90 Å². The first-order valence-corrected chi connectivity index (χ1v) is 3.08. The lowest BCUT2D eigenvalue weighted by Crippen LogP contribution is -2.32. The molecule has 0 amide bonds. The Morgan fingerprint density at radius 1 is 1.64 bits per heavy atom. The van der Waals surface area contributed by atoms with Gasteiger partial charge in [0, 0.05) is 12.7 Å². The van der Waals surface area contributed by atoms with Crippen molar-refractivity contribution in [2.24, 2.45) is 0 Å². The standard InChI is InChI=1S/C5H12N4O2/c1-8(2)5-3-4-6-7-9(10)11/h3-4,6-7H,5H2,1-2H3/b4-3+. The third-order valence-corrected chi connectivity index (χ3v) is 0.828. The van der Waals surface area contributed by atoms with Gasteiger partial charge in [-0.05, 0) is 19.6 Å². The maximum atomic E-state index is 9.68. The van der Waals surface area contributed by atoms with Crippen LogP contribution in [0.3, 0.4) is 0 Å². The molecule has 0 saturated carbocycles. The minimum Gasteiger partial charge on any atom is -0.306 e. The van der Waals surface area contributed by atoms with E-state index in [0.717, 1.165) is 6.54 Å². The van der Waals surface area contributed by atoms with Crippen LogP contribution in [0.1, 0.15) is 0 Å². The van der Waals surface area contributed by atoms with Crippen LogP contribution in [0.25, 0.3) is 0 Å². The average Bonchev–Trinajstić information content (AvgIpc) is 1.85. The SMILES string of the molecule is CN(C)C/C=C/NN[N+](=O)[O-]. The number of rotatable bonds is 5. The maximum Gasteiger partial charge on any atom is 0.178 e. The number of nitrogens with one attached hydrogen (secondary N) is 2. The van der Waals surface area contributed by atoms with Gasteiger partial charge in [0.15, 0.2) is 5.03 Å². The lowest BCUT2D eigenvalue weighted by atomic mass is 10.6. The van der Waals surface area contributed by atoms with Crippen LogP contribution < -0.4 is 11.0 Å². The van der Waals surface area contributed by atoms with Crippen molar-refractivity contribution in [3.63, 3.8) is 0 Å². The first-order chi connectivity index (χ1) is 5.13. The molecule has 0 unspecified atom stereocenters. The normalized spacial score (nSPS) is 10.5. The summed E-state index contributed by atoms with van der Waals surface area (Å²) in [4.78, 5) is 11.6. The maximum absolute atomic E-state index is 9.68. The second-order valence-electron chi connectivity index (χ2n) is 2.18. The summed E-state index contributed by atoms with van der Waals surface area (Å²) in [5.41, 5.74) is 4.07. The highest BCUT2D eigenvalue weighted by Crippen LogP contribution is 1.73. The third-order valence-electron chi connectivity index (χ3n) is 0.828. The van der Waals surface area contributed by atoms with Crippen molar-refractivity contribution in [2.45, 2.75) is 0 Å². The molecule has 0 spiro atoms. The van der Waals surface area contributed by atoms with Gasteiger partial charge in [0.05, 0.1) is 0 Å². The van der Waals surface area contributed by atoms with Crippen LogP contribution in [0, 0.1) is 10.1 Å². The number of hydrazine groups is 2. The van der Waals surface area contributed by atoms with Crippen molar-refractivity contribution in [1.82, 2.24) is 15.9 Å². The summed E-state index contributed by atoms with van der Waals surface area (Å²) >= 11 is 0. The lowest BCUT2D eigenvalue weighted by molar-refractivity contribution is -0.553. The van der Waals surface area contributed by atoms with Gasteiger partial charge in [-0.25, -0.2) is 10.1 Å². The largest absolute Gasteiger partial charge is 0.306 e. The Morgan fingerprint density at radius 2 is 2.27 bits per heavy atom. The minimum atomic E-state index is -0.667. The van der Waals surface area contributed by atoms with Crippen molar-refractivity contribution in [3.8, 4) is 0 Å². The highest BCUT2D eigenvalue weighted by atomic mass is 16.7. The molecule has 11 heavy (non-hydrogen) atoms. The molecule has 6 nitrogen and oxygen atoms in total. The zero-order chi connectivity index (χ0) is 8.69. The van der Waals surface area contributed by atoms with Crippen molar-refractivity contribution in [1.29, 1.82) is 0 Å². The molecule has 0 aromatic heterocycles. The van der Waals surface area contributed by atoms with E-state index in [1.165, 1.54) is 6.20 Å². The fraction of sp³-hybridized carbons (Fsp3) is 0.600. The molecule has 64 valence electrons. The molecule has 0 saturated heterocycles. The van der Waals surface area contributed by atoms with Crippen LogP contribution in [0.15, 0.2) is 12.3 Å². The Balaban J connectivity index is 3.23. The summed E-state index contributed by atoms with van der Waals surface area (Å²) in [5, 5.41) is 9.02. The van der Waals surface area contributed by atoms with E-state index in [0.29, 0.717) is 0 Å². The number of hydrogen-bond acceptors (Lipinski definition) is 4. The highest BCUT2D eigenvalue weighted by molar-refractivity contribution is 4.79. The Hall–Kier alpha value is -1.30. The molecule has 0 aliphatic carbocycles. The predicted octanol–water partition coefficient (Wildman–Crippen LogP) is -0.652. The molecular formula is C5H12N4O2. The summed E-state index contributed by atoms with van der Waals surface area (Å²) in [6, 6.07) is 0. The van der Waals surface area contributed by atoms with E-state index in [1.807, 2.05) is 19.0 Å². The highest BCUT2D eigenvalue weighted by Gasteiger charge is 1.84. The first kappa shape index (κ1) is 9.70. The molecule has 0 rings (SSSR count). The van der Waals surface area contributed by atoms with Crippen LogP contribution in [0.5, 0.6) is 0 Å². The minimum absolute atomic E-state index is 0.667. The number of nitrogens with zero attached hydrogens (tertiary/aromatic N) is 2. The Bertz CT molecular complexity index is 145. The van der Waals surface area contributed by atoms with Crippen LogP contribution in [-0.4, -0.2) is 30.6 Å². The zero-order valence-corrected chi connectivity index (χ0v) is 6.57. The van der Waals surface area contributed by atoms with Gasteiger partial charge in [0.2, 0.25) is 0 Å². The number of nitro groups is 1. The van der Waals surface area contributed by atoms with Gasteiger partial charge in [-0.3, -0.25) is 5.43 Å². The number of likely N-dealkylation sites (N-methyl/N-ethyl adjacent to an activating group) is 1. The van der Waals surface area contributed by atoms with E-state index in [2.05, 4.69) is 5.43 Å². The van der Waals surface area contributed by atoms with Crippen molar-refractivity contribution >= 4 is 0 Å². The average molecular weight is 160 g/mol.